The Morgan fingerprint density at radius 1 is 1.17 bits per heavy atom. The minimum absolute atomic E-state index is 0.0999. The molecule has 0 aliphatic rings. The van der Waals surface area contributed by atoms with Gasteiger partial charge in [0.05, 0.1) is 11.1 Å². The number of benzene rings is 2. The second-order valence-corrected chi connectivity index (χ2v) is 5.32. The Kier molecular flexibility index (Phi) is 4.67. The summed E-state index contributed by atoms with van der Waals surface area (Å²) in [5, 5.41) is 15.6. The van der Waals surface area contributed by atoms with Gasteiger partial charge < -0.3 is 14.9 Å². The second-order valence-electron chi connectivity index (χ2n) is 5.32. The van der Waals surface area contributed by atoms with Gasteiger partial charge in [-0.15, -0.1) is 0 Å². The maximum Gasteiger partial charge on any atom is 0.258 e. The van der Waals surface area contributed by atoms with E-state index in [1.807, 2.05) is 30.3 Å². The molecule has 3 rings (SSSR count). The van der Waals surface area contributed by atoms with Crippen LogP contribution >= 0.6 is 0 Å². The Morgan fingerprint density at radius 3 is 2.58 bits per heavy atom. The summed E-state index contributed by atoms with van der Waals surface area (Å²) < 4.78 is 5.17. The topological polar surface area (TPSA) is 88.2 Å². The van der Waals surface area contributed by atoms with Crippen LogP contribution in [-0.4, -0.2) is 27.8 Å². The average molecular weight is 323 g/mol. The molecule has 6 heteroatoms. The number of hydrogen-bond donors (Lipinski definition) is 2. The van der Waals surface area contributed by atoms with Crippen LogP contribution in [0.15, 0.2) is 53.1 Å². The number of carbonyl (C=O) groups is 1. The molecule has 1 heterocycles. The minimum Gasteiger partial charge on any atom is -0.396 e. The lowest BCUT2D eigenvalue weighted by atomic mass is 10.1. The number of aliphatic hydroxyl groups is 1. The number of carbonyl (C=O) groups excluding carboxylic acids is 1. The Hall–Kier alpha value is -2.99. The fourth-order valence-electron chi connectivity index (χ4n) is 2.36. The molecule has 2 N–H and O–H groups in total. The van der Waals surface area contributed by atoms with Gasteiger partial charge in [0.25, 0.3) is 11.8 Å². The standard InChI is InChI=1S/C18H17N3O3/c1-12-19-18(24-21-12)16-5-3-2-4-15(16)17(23)20-14-8-6-13(7-9-14)10-11-22/h2-9,22H,10-11H2,1H3,(H,20,23). The summed E-state index contributed by atoms with van der Waals surface area (Å²) in [4.78, 5) is 16.8. The lowest BCUT2D eigenvalue weighted by molar-refractivity contribution is 0.102. The number of nitrogens with one attached hydrogen (secondary N) is 1. The van der Waals surface area contributed by atoms with Gasteiger partial charge in [-0.3, -0.25) is 4.79 Å². The minimum atomic E-state index is -0.253. The molecule has 0 aliphatic carbocycles. The van der Waals surface area contributed by atoms with Gasteiger partial charge in [-0.25, -0.2) is 0 Å². The van der Waals surface area contributed by atoms with Crippen molar-refractivity contribution in [1.82, 2.24) is 10.1 Å². The molecule has 0 saturated carbocycles. The quantitative estimate of drug-likeness (QED) is 0.754. The molecule has 122 valence electrons. The first-order valence-corrected chi connectivity index (χ1v) is 7.58. The Morgan fingerprint density at radius 2 is 1.92 bits per heavy atom. The first kappa shape index (κ1) is 15.9. The highest BCUT2D eigenvalue weighted by Gasteiger charge is 2.16. The van der Waals surface area contributed by atoms with Crippen molar-refractivity contribution in [2.45, 2.75) is 13.3 Å². The summed E-state index contributed by atoms with van der Waals surface area (Å²) in [5.74, 6) is 0.576. The molecular weight excluding hydrogens is 306 g/mol. The molecule has 0 atom stereocenters. The summed E-state index contributed by atoms with van der Waals surface area (Å²) in [6, 6.07) is 14.4. The SMILES string of the molecule is Cc1noc(-c2ccccc2C(=O)Nc2ccc(CCO)cc2)n1. The maximum atomic E-state index is 12.6. The number of aromatic nitrogens is 2. The van der Waals surface area contributed by atoms with Crippen molar-refractivity contribution in [3.8, 4) is 11.5 Å². The zero-order valence-corrected chi connectivity index (χ0v) is 13.2. The van der Waals surface area contributed by atoms with E-state index in [-0.39, 0.29) is 12.5 Å². The van der Waals surface area contributed by atoms with E-state index >= 15 is 0 Å². The average Bonchev–Trinajstić information content (AvgIpc) is 3.03. The van der Waals surface area contributed by atoms with Crippen molar-refractivity contribution in [3.63, 3.8) is 0 Å². The van der Waals surface area contributed by atoms with Crippen LogP contribution in [0.2, 0.25) is 0 Å². The van der Waals surface area contributed by atoms with Crippen molar-refractivity contribution in [3.05, 3.63) is 65.5 Å². The second kappa shape index (κ2) is 7.06. The highest BCUT2D eigenvalue weighted by atomic mass is 16.5. The van der Waals surface area contributed by atoms with E-state index < -0.39 is 0 Å². The number of aryl methyl sites for hydroxylation is 1. The predicted molar refractivity (Wildman–Crippen MR) is 89.7 cm³/mol. The lowest BCUT2D eigenvalue weighted by Gasteiger charge is -2.08. The smallest absolute Gasteiger partial charge is 0.258 e. The number of anilines is 1. The third-order valence-electron chi connectivity index (χ3n) is 3.54. The summed E-state index contributed by atoms with van der Waals surface area (Å²) in [6.07, 6.45) is 0.591. The van der Waals surface area contributed by atoms with Gasteiger partial charge in [-0.1, -0.05) is 29.4 Å². The zero-order chi connectivity index (χ0) is 16.9. The van der Waals surface area contributed by atoms with Gasteiger partial charge in [0.1, 0.15) is 0 Å². The van der Waals surface area contributed by atoms with Gasteiger partial charge in [-0.05, 0) is 43.2 Å². The van der Waals surface area contributed by atoms with Crippen LogP contribution < -0.4 is 5.32 Å². The Bertz CT molecular complexity index is 841. The van der Waals surface area contributed by atoms with E-state index in [2.05, 4.69) is 15.5 Å². The van der Waals surface area contributed by atoms with Crippen molar-refractivity contribution in [1.29, 1.82) is 0 Å². The van der Waals surface area contributed by atoms with E-state index in [1.165, 1.54) is 0 Å². The molecule has 0 fully saturated rings. The van der Waals surface area contributed by atoms with Crippen LogP contribution in [-0.2, 0) is 6.42 Å². The zero-order valence-electron chi connectivity index (χ0n) is 13.2. The highest BCUT2D eigenvalue weighted by Crippen LogP contribution is 2.23. The predicted octanol–water partition coefficient (Wildman–Crippen LogP) is 2.83. The number of rotatable bonds is 5. The van der Waals surface area contributed by atoms with Crippen molar-refractivity contribution < 1.29 is 14.4 Å². The summed E-state index contributed by atoms with van der Waals surface area (Å²) in [5.41, 5.74) is 2.74. The molecule has 24 heavy (non-hydrogen) atoms. The molecule has 0 bridgehead atoms. The van der Waals surface area contributed by atoms with Crippen molar-refractivity contribution in [2.24, 2.45) is 0 Å². The number of aliphatic hydroxyl groups excluding tert-OH is 1. The van der Waals surface area contributed by atoms with Gasteiger partial charge in [0.2, 0.25) is 0 Å². The van der Waals surface area contributed by atoms with Crippen LogP contribution in [0.1, 0.15) is 21.7 Å². The van der Waals surface area contributed by atoms with Crippen LogP contribution in [0.5, 0.6) is 0 Å². The van der Waals surface area contributed by atoms with Crippen LogP contribution in [0.25, 0.3) is 11.5 Å². The van der Waals surface area contributed by atoms with Gasteiger partial charge in [0, 0.05) is 12.3 Å². The molecule has 0 spiro atoms. The van der Waals surface area contributed by atoms with E-state index in [1.54, 1.807) is 25.1 Å². The van der Waals surface area contributed by atoms with E-state index in [9.17, 15) is 4.79 Å². The maximum absolute atomic E-state index is 12.6. The van der Waals surface area contributed by atoms with Crippen LogP contribution in [0, 0.1) is 6.92 Å². The van der Waals surface area contributed by atoms with Crippen molar-refractivity contribution >= 4 is 11.6 Å². The third kappa shape index (κ3) is 3.49. The number of hydrogen-bond acceptors (Lipinski definition) is 5. The summed E-state index contributed by atoms with van der Waals surface area (Å²) >= 11 is 0. The lowest BCUT2D eigenvalue weighted by Crippen LogP contribution is -2.13. The molecule has 2 aromatic carbocycles. The molecule has 1 amide bonds. The normalized spacial score (nSPS) is 10.6. The highest BCUT2D eigenvalue weighted by molar-refractivity contribution is 6.08. The molecule has 0 aliphatic heterocycles. The molecule has 0 unspecified atom stereocenters. The monoisotopic (exact) mass is 323 g/mol. The molecule has 0 saturated heterocycles. The van der Waals surface area contributed by atoms with E-state index in [0.29, 0.717) is 35.0 Å². The third-order valence-corrected chi connectivity index (χ3v) is 3.54. The largest absolute Gasteiger partial charge is 0.396 e. The number of amides is 1. The first-order chi connectivity index (χ1) is 11.7. The van der Waals surface area contributed by atoms with Crippen molar-refractivity contribution in [2.75, 3.05) is 11.9 Å². The molecule has 3 aromatic rings. The van der Waals surface area contributed by atoms with Gasteiger partial charge in [-0.2, -0.15) is 4.98 Å². The van der Waals surface area contributed by atoms with E-state index in [0.717, 1.165) is 5.56 Å². The first-order valence-electron chi connectivity index (χ1n) is 7.58. The van der Waals surface area contributed by atoms with E-state index in [4.69, 9.17) is 9.63 Å². The number of nitrogens with zero attached hydrogens (tertiary/aromatic N) is 2. The molecule has 6 nitrogen and oxygen atoms in total. The van der Waals surface area contributed by atoms with Crippen LogP contribution in [0.4, 0.5) is 5.69 Å². The van der Waals surface area contributed by atoms with Gasteiger partial charge >= 0.3 is 0 Å². The molecular formula is C18H17N3O3. The summed E-state index contributed by atoms with van der Waals surface area (Å²) in [7, 11) is 0. The fraction of sp³-hybridized carbons (Fsp3) is 0.167. The molecule has 0 radical (unpaired) electrons. The van der Waals surface area contributed by atoms with Gasteiger partial charge in [0.15, 0.2) is 5.82 Å². The Balaban J connectivity index is 1.83. The van der Waals surface area contributed by atoms with Crippen LogP contribution in [0.3, 0.4) is 0 Å². The fourth-order valence-corrected chi connectivity index (χ4v) is 2.36. The molecule has 1 aromatic heterocycles. The summed E-state index contributed by atoms with van der Waals surface area (Å²) in [6.45, 7) is 1.83. The Labute approximate surface area is 139 Å².